The van der Waals surface area contributed by atoms with Gasteiger partial charge in [-0.1, -0.05) is 200 Å². The van der Waals surface area contributed by atoms with E-state index >= 15 is 0 Å². The average molecular weight is 805 g/mol. The van der Waals surface area contributed by atoms with Crippen molar-refractivity contribution in [3.05, 3.63) is 122 Å². The number of hydrogen-bond acceptors (Lipinski definition) is 7. The van der Waals surface area contributed by atoms with E-state index in [4.69, 9.17) is 4.74 Å². The number of rotatable bonds is 35. The summed E-state index contributed by atoms with van der Waals surface area (Å²) in [4.78, 5) is 41.0. The highest BCUT2D eigenvalue weighted by Gasteiger charge is 2.54. The Morgan fingerprint density at radius 2 is 0.879 bits per heavy atom. The number of ketones is 2. The molecule has 0 bridgehead atoms. The second-order valence-corrected chi connectivity index (χ2v) is 15.4. The van der Waals surface area contributed by atoms with Gasteiger partial charge in [0.2, 0.25) is 11.6 Å². The molecule has 58 heavy (non-hydrogen) atoms. The molecule has 0 saturated carbocycles. The van der Waals surface area contributed by atoms with Crippen molar-refractivity contribution in [3.63, 3.8) is 0 Å². The van der Waals surface area contributed by atoms with Crippen molar-refractivity contribution in [1.29, 1.82) is 0 Å². The molecule has 0 amide bonds. The van der Waals surface area contributed by atoms with Crippen LogP contribution in [-0.2, 0) is 19.1 Å². The monoisotopic (exact) mass is 805 g/mol. The van der Waals surface area contributed by atoms with Gasteiger partial charge in [-0.25, -0.2) is 4.79 Å². The zero-order valence-electron chi connectivity index (χ0n) is 36.6. The fourth-order valence-corrected chi connectivity index (χ4v) is 6.01. The molecule has 0 aromatic carbocycles. The maximum atomic E-state index is 13.8. The summed E-state index contributed by atoms with van der Waals surface area (Å²) < 4.78 is 5.66. The van der Waals surface area contributed by atoms with Crippen molar-refractivity contribution in [3.8, 4) is 0 Å². The molecule has 8 nitrogen and oxygen atoms in total. The molecule has 0 rings (SSSR count). The number of ether oxygens (including phenoxy) is 1. The minimum absolute atomic E-state index is 0.0152. The standard InChI is InChI=1S/C50H78NO7/c1-6-8-10-12-14-16-18-20-22-24-26-28-30-32-34-36-38-40-46(54)50(48(56)44-53,58-49(57)45(42-43-52)51(3,4)5)47(55)41-39-37-35-33-31-29-27-25-23-21-19-17-15-13-11-9-7-2/h22-41,45,48,52-53,56H,6-21,42-44H2,1-5H3/q+1/t45-,48?,50?/m0/s1. The van der Waals surface area contributed by atoms with Crippen molar-refractivity contribution in [2.45, 2.75) is 141 Å². The Bertz CT molecular complexity index is 1320. The van der Waals surface area contributed by atoms with Gasteiger partial charge in [0, 0.05) is 13.0 Å². The Hall–Kier alpha value is -3.95. The van der Waals surface area contributed by atoms with Gasteiger partial charge in [0.25, 0.3) is 5.60 Å². The Kier molecular flexibility index (Phi) is 33.7. The smallest absolute Gasteiger partial charge is 0.366 e. The lowest BCUT2D eigenvalue weighted by molar-refractivity contribution is -0.887. The van der Waals surface area contributed by atoms with E-state index in [2.05, 4.69) is 26.0 Å². The van der Waals surface area contributed by atoms with E-state index in [0.717, 1.165) is 25.0 Å². The van der Waals surface area contributed by atoms with Gasteiger partial charge in [0.1, 0.15) is 6.10 Å². The Labute approximate surface area is 352 Å². The van der Waals surface area contributed by atoms with Crippen molar-refractivity contribution >= 4 is 17.5 Å². The summed E-state index contributed by atoms with van der Waals surface area (Å²) in [7, 11) is 5.12. The third kappa shape index (κ3) is 26.1. The van der Waals surface area contributed by atoms with Gasteiger partial charge < -0.3 is 24.5 Å². The first-order valence-corrected chi connectivity index (χ1v) is 21.7. The Morgan fingerprint density at radius 1 is 0.534 bits per heavy atom. The van der Waals surface area contributed by atoms with Gasteiger partial charge >= 0.3 is 5.97 Å². The lowest BCUT2D eigenvalue weighted by Gasteiger charge is -2.37. The summed E-state index contributed by atoms with van der Waals surface area (Å²) in [5.41, 5.74) is -2.76. The maximum Gasteiger partial charge on any atom is 0.366 e. The van der Waals surface area contributed by atoms with Crippen LogP contribution in [0.2, 0.25) is 0 Å². The highest BCUT2D eigenvalue weighted by atomic mass is 16.6. The van der Waals surface area contributed by atoms with E-state index in [1.807, 2.05) is 48.6 Å². The number of likely N-dealkylation sites (N-methyl/N-ethyl adjacent to an activating group) is 1. The highest BCUT2D eigenvalue weighted by Crippen LogP contribution is 2.25. The van der Waals surface area contributed by atoms with E-state index in [1.165, 1.54) is 102 Å². The topological polar surface area (TPSA) is 121 Å². The second kappa shape index (κ2) is 36.2. The van der Waals surface area contributed by atoms with Crippen LogP contribution in [0.4, 0.5) is 0 Å². The second-order valence-electron chi connectivity index (χ2n) is 15.4. The first-order valence-electron chi connectivity index (χ1n) is 21.7. The highest BCUT2D eigenvalue weighted by molar-refractivity contribution is 6.20. The number of aliphatic hydroxyl groups is 3. The molecule has 1 unspecified atom stereocenters. The molecular weight excluding hydrogens is 727 g/mol. The number of carbonyl (C=O) groups is 3. The lowest BCUT2D eigenvalue weighted by atomic mass is 9.85. The zero-order chi connectivity index (χ0) is 43.2. The normalized spacial score (nSPS) is 15.4. The molecule has 0 fully saturated rings. The largest absolute Gasteiger partial charge is 0.435 e. The number of nitrogens with zero attached hydrogens (tertiary/aromatic N) is 1. The molecule has 0 radical (unpaired) electrons. The molecular formula is C50H78NO7+. The fourth-order valence-electron chi connectivity index (χ4n) is 6.01. The molecule has 8 heteroatoms. The van der Waals surface area contributed by atoms with Crippen molar-refractivity contribution in [1.82, 2.24) is 0 Å². The van der Waals surface area contributed by atoms with Crippen LogP contribution in [0.1, 0.15) is 123 Å². The van der Waals surface area contributed by atoms with Gasteiger partial charge in [0.05, 0.1) is 27.7 Å². The van der Waals surface area contributed by atoms with E-state index < -0.39 is 41.9 Å². The van der Waals surface area contributed by atoms with Crippen LogP contribution < -0.4 is 0 Å². The molecule has 2 atom stereocenters. The molecule has 324 valence electrons. The van der Waals surface area contributed by atoms with Crippen molar-refractivity contribution in [2.24, 2.45) is 0 Å². The van der Waals surface area contributed by atoms with Crippen LogP contribution >= 0.6 is 0 Å². The lowest BCUT2D eigenvalue weighted by Crippen LogP contribution is -2.62. The van der Waals surface area contributed by atoms with Crippen LogP contribution in [0.25, 0.3) is 0 Å². The number of aliphatic hydroxyl groups excluding tert-OH is 3. The summed E-state index contributed by atoms with van der Waals surface area (Å²) in [6.07, 6.45) is 52.6. The van der Waals surface area contributed by atoms with Gasteiger partial charge in [-0.05, 0) is 37.8 Å². The Balaban J connectivity index is 5.67. The molecule has 0 aliphatic carbocycles. The predicted molar refractivity (Wildman–Crippen MR) is 242 cm³/mol. The molecule has 0 aliphatic rings. The van der Waals surface area contributed by atoms with Gasteiger partial charge in [-0.3, -0.25) is 9.59 Å². The van der Waals surface area contributed by atoms with Crippen LogP contribution in [0, 0.1) is 0 Å². The quantitative estimate of drug-likeness (QED) is 0.0146. The minimum Gasteiger partial charge on any atom is -0.435 e. The maximum absolute atomic E-state index is 13.8. The third-order valence-electron chi connectivity index (χ3n) is 9.52. The molecule has 0 aromatic heterocycles. The van der Waals surface area contributed by atoms with Gasteiger partial charge in [-0.15, -0.1) is 0 Å². The van der Waals surface area contributed by atoms with Crippen LogP contribution in [0.3, 0.4) is 0 Å². The number of carbonyl (C=O) groups excluding carboxylic acids is 3. The van der Waals surface area contributed by atoms with E-state index in [0.29, 0.717) is 0 Å². The first-order chi connectivity index (χ1) is 28.0. The number of hydrogen-bond donors (Lipinski definition) is 3. The molecule has 0 aliphatic heterocycles. The molecule has 0 spiro atoms. The van der Waals surface area contributed by atoms with Gasteiger partial charge in [-0.2, -0.15) is 0 Å². The number of quaternary nitrogens is 1. The number of unbranched alkanes of at least 4 members (excludes halogenated alkanes) is 14. The van der Waals surface area contributed by atoms with E-state index in [-0.39, 0.29) is 17.5 Å². The van der Waals surface area contributed by atoms with E-state index in [9.17, 15) is 29.7 Å². The fraction of sp³-hybridized carbons (Fsp3) is 0.540. The zero-order valence-corrected chi connectivity index (χ0v) is 36.6. The summed E-state index contributed by atoms with van der Waals surface area (Å²) in [5.74, 6) is -3.01. The third-order valence-corrected chi connectivity index (χ3v) is 9.52. The average Bonchev–Trinajstić information content (AvgIpc) is 3.20. The van der Waals surface area contributed by atoms with Crippen LogP contribution in [0.5, 0.6) is 0 Å². The molecule has 0 saturated heterocycles. The molecule has 3 N–H and O–H groups in total. The summed E-state index contributed by atoms with van der Waals surface area (Å²) >= 11 is 0. The number of esters is 1. The van der Waals surface area contributed by atoms with Crippen LogP contribution in [0.15, 0.2) is 122 Å². The first kappa shape index (κ1) is 54.1. The van der Waals surface area contributed by atoms with Crippen molar-refractivity contribution in [2.75, 3.05) is 34.4 Å². The minimum atomic E-state index is -2.76. The summed E-state index contributed by atoms with van der Waals surface area (Å²) in [5, 5.41) is 30.6. The number of allylic oxidation sites excluding steroid dienone is 18. The predicted octanol–water partition coefficient (Wildman–Crippen LogP) is 10.1. The van der Waals surface area contributed by atoms with Crippen molar-refractivity contribution < 1.29 is 38.9 Å². The summed E-state index contributed by atoms with van der Waals surface area (Å²) in [6, 6.07) is -0.967. The summed E-state index contributed by atoms with van der Waals surface area (Å²) in [6.45, 7) is 3.08. The SMILES string of the molecule is CCCCCCCCCC=CC=CC=CC=CC=CC(=O)C(OC(=O)[C@H](CCO)[N+](C)(C)C)(C(=O)C=CC=CC=CC=CC=CCCCCCCCCC)C(O)CO. The Morgan fingerprint density at radius 3 is 1.22 bits per heavy atom. The van der Waals surface area contributed by atoms with Crippen LogP contribution in [-0.4, -0.2) is 89.4 Å². The molecule has 0 heterocycles. The molecule has 0 aromatic rings. The van der Waals surface area contributed by atoms with Gasteiger partial charge in [0.15, 0.2) is 6.04 Å². The van der Waals surface area contributed by atoms with E-state index in [1.54, 1.807) is 57.6 Å².